The molecule has 2 heterocycles. The Bertz CT molecular complexity index is 573. The average Bonchev–Trinajstić information content (AvgIpc) is 2.81. The van der Waals surface area contributed by atoms with E-state index in [9.17, 15) is 0 Å². The molecule has 20 heavy (non-hydrogen) atoms. The highest BCUT2D eigenvalue weighted by atomic mass is 35.5. The summed E-state index contributed by atoms with van der Waals surface area (Å²) in [7, 11) is 0. The third-order valence-electron chi connectivity index (χ3n) is 3.63. The van der Waals surface area contributed by atoms with Gasteiger partial charge in [-0.3, -0.25) is 5.10 Å². The fourth-order valence-electron chi connectivity index (χ4n) is 2.42. The molecule has 0 bridgehead atoms. The molecule has 3 rings (SSSR count). The van der Waals surface area contributed by atoms with E-state index in [1.54, 1.807) is 0 Å². The number of benzene rings is 1. The standard InChI is InChI=1S/C15H18ClN3O/c1-11-15(16)14(18-17-11)10-12-2-4-13(5-3-12)19-6-8-20-9-7-19/h2-5H,6-10H2,1H3,(H,17,18). The summed E-state index contributed by atoms with van der Waals surface area (Å²) in [6.07, 6.45) is 0.757. The first-order valence-corrected chi connectivity index (χ1v) is 7.23. The van der Waals surface area contributed by atoms with E-state index in [0.29, 0.717) is 0 Å². The molecule has 0 atom stereocenters. The van der Waals surface area contributed by atoms with Crippen LogP contribution in [-0.4, -0.2) is 36.5 Å². The molecule has 1 aliphatic heterocycles. The van der Waals surface area contributed by atoms with Crippen molar-refractivity contribution in [1.29, 1.82) is 0 Å². The third kappa shape index (κ3) is 2.81. The van der Waals surface area contributed by atoms with Crippen LogP contribution in [0.2, 0.25) is 5.02 Å². The molecule has 0 radical (unpaired) electrons. The molecule has 0 unspecified atom stereocenters. The molecular weight excluding hydrogens is 274 g/mol. The van der Waals surface area contributed by atoms with Crippen molar-refractivity contribution in [2.45, 2.75) is 13.3 Å². The Morgan fingerprint density at radius 1 is 1.25 bits per heavy atom. The Morgan fingerprint density at radius 2 is 1.95 bits per heavy atom. The molecule has 5 heteroatoms. The predicted octanol–water partition coefficient (Wildman–Crippen LogP) is 2.80. The number of aryl methyl sites for hydroxylation is 1. The molecule has 1 aromatic heterocycles. The van der Waals surface area contributed by atoms with Gasteiger partial charge >= 0.3 is 0 Å². The molecule has 0 aliphatic carbocycles. The summed E-state index contributed by atoms with van der Waals surface area (Å²) in [5.41, 5.74) is 4.30. The topological polar surface area (TPSA) is 41.2 Å². The molecule has 4 nitrogen and oxygen atoms in total. The number of hydrogen-bond acceptors (Lipinski definition) is 3. The molecule has 106 valence electrons. The van der Waals surface area contributed by atoms with Crippen LogP contribution in [0.5, 0.6) is 0 Å². The molecule has 1 saturated heterocycles. The van der Waals surface area contributed by atoms with Crippen LogP contribution < -0.4 is 4.90 Å². The highest BCUT2D eigenvalue weighted by Gasteiger charge is 2.12. The normalized spacial score (nSPS) is 15.6. The Kier molecular flexibility index (Phi) is 3.94. The zero-order chi connectivity index (χ0) is 13.9. The second-order valence-corrected chi connectivity index (χ2v) is 5.43. The van der Waals surface area contributed by atoms with E-state index in [0.717, 1.165) is 49.1 Å². The fraction of sp³-hybridized carbons (Fsp3) is 0.400. The number of morpholine rings is 1. The molecule has 1 N–H and O–H groups in total. The minimum atomic E-state index is 0.738. The van der Waals surface area contributed by atoms with Crippen LogP contribution in [0.1, 0.15) is 17.0 Å². The first-order chi connectivity index (χ1) is 9.74. The highest BCUT2D eigenvalue weighted by Crippen LogP contribution is 2.22. The zero-order valence-corrected chi connectivity index (χ0v) is 12.3. The summed E-state index contributed by atoms with van der Waals surface area (Å²) in [6, 6.07) is 8.61. The van der Waals surface area contributed by atoms with Crippen LogP contribution in [0, 0.1) is 6.92 Å². The van der Waals surface area contributed by atoms with Gasteiger partial charge in [-0.2, -0.15) is 5.10 Å². The smallest absolute Gasteiger partial charge is 0.0854 e. The van der Waals surface area contributed by atoms with Gasteiger partial charge in [-0.15, -0.1) is 0 Å². The van der Waals surface area contributed by atoms with Crippen LogP contribution in [-0.2, 0) is 11.2 Å². The molecule has 0 spiro atoms. The van der Waals surface area contributed by atoms with Crippen molar-refractivity contribution < 1.29 is 4.74 Å². The van der Waals surface area contributed by atoms with Crippen LogP contribution >= 0.6 is 11.6 Å². The van der Waals surface area contributed by atoms with Crippen LogP contribution in [0.3, 0.4) is 0 Å². The van der Waals surface area contributed by atoms with Gasteiger partial charge in [-0.05, 0) is 24.6 Å². The maximum atomic E-state index is 6.20. The van der Waals surface area contributed by atoms with E-state index in [4.69, 9.17) is 16.3 Å². The van der Waals surface area contributed by atoms with Crippen molar-refractivity contribution in [1.82, 2.24) is 10.2 Å². The Labute approximate surface area is 123 Å². The largest absolute Gasteiger partial charge is 0.378 e. The number of rotatable bonds is 3. The second kappa shape index (κ2) is 5.85. The summed E-state index contributed by atoms with van der Waals surface area (Å²) in [5.74, 6) is 0. The van der Waals surface area contributed by atoms with Crippen molar-refractivity contribution >= 4 is 17.3 Å². The van der Waals surface area contributed by atoms with Crippen molar-refractivity contribution in [3.63, 3.8) is 0 Å². The SMILES string of the molecule is Cc1[nH]nc(Cc2ccc(N3CCOCC3)cc2)c1Cl. The Hall–Kier alpha value is -1.52. The van der Waals surface area contributed by atoms with E-state index in [-0.39, 0.29) is 0 Å². The maximum Gasteiger partial charge on any atom is 0.0854 e. The monoisotopic (exact) mass is 291 g/mol. The van der Waals surface area contributed by atoms with E-state index in [2.05, 4.69) is 39.4 Å². The third-order valence-corrected chi connectivity index (χ3v) is 4.13. The van der Waals surface area contributed by atoms with Gasteiger partial charge in [0.2, 0.25) is 0 Å². The summed E-state index contributed by atoms with van der Waals surface area (Å²) in [4.78, 5) is 2.35. The van der Waals surface area contributed by atoms with Crippen LogP contribution in [0.15, 0.2) is 24.3 Å². The number of ether oxygens (including phenoxy) is 1. The van der Waals surface area contributed by atoms with E-state index >= 15 is 0 Å². The minimum Gasteiger partial charge on any atom is -0.378 e. The molecule has 1 aromatic carbocycles. The number of H-pyrrole nitrogens is 1. The number of aromatic nitrogens is 2. The number of hydrogen-bond donors (Lipinski definition) is 1. The van der Waals surface area contributed by atoms with Gasteiger partial charge in [0.1, 0.15) is 0 Å². The van der Waals surface area contributed by atoms with Gasteiger partial charge in [0, 0.05) is 25.2 Å². The average molecular weight is 292 g/mol. The number of aromatic amines is 1. The molecular formula is C15H18ClN3O. The Balaban J connectivity index is 1.71. The van der Waals surface area contributed by atoms with Gasteiger partial charge < -0.3 is 9.64 Å². The lowest BCUT2D eigenvalue weighted by Gasteiger charge is -2.28. The predicted molar refractivity (Wildman–Crippen MR) is 80.6 cm³/mol. The molecule has 2 aromatic rings. The lowest BCUT2D eigenvalue weighted by molar-refractivity contribution is 0.122. The number of halogens is 1. The summed E-state index contributed by atoms with van der Waals surface area (Å²) >= 11 is 6.20. The maximum absolute atomic E-state index is 6.20. The van der Waals surface area contributed by atoms with Gasteiger partial charge in [0.15, 0.2) is 0 Å². The molecule has 0 saturated carbocycles. The lowest BCUT2D eigenvalue weighted by atomic mass is 10.1. The van der Waals surface area contributed by atoms with Gasteiger partial charge in [0.25, 0.3) is 0 Å². The molecule has 1 aliphatic rings. The summed E-state index contributed by atoms with van der Waals surface area (Å²) in [6.45, 7) is 5.47. The number of anilines is 1. The van der Waals surface area contributed by atoms with Crippen molar-refractivity contribution in [3.05, 3.63) is 46.2 Å². The number of nitrogens with one attached hydrogen (secondary N) is 1. The van der Waals surface area contributed by atoms with Crippen molar-refractivity contribution in [2.24, 2.45) is 0 Å². The quantitative estimate of drug-likeness (QED) is 0.945. The van der Waals surface area contributed by atoms with E-state index in [1.807, 2.05) is 6.92 Å². The highest BCUT2D eigenvalue weighted by molar-refractivity contribution is 6.31. The lowest BCUT2D eigenvalue weighted by Crippen LogP contribution is -2.36. The van der Waals surface area contributed by atoms with Gasteiger partial charge in [-0.25, -0.2) is 0 Å². The molecule has 0 amide bonds. The Morgan fingerprint density at radius 3 is 2.55 bits per heavy atom. The first-order valence-electron chi connectivity index (χ1n) is 6.85. The zero-order valence-electron chi connectivity index (χ0n) is 11.5. The van der Waals surface area contributed by atoms with Gasteiger partial charge in [0.05, 0.1) is 29.6 Å². The van der Waals surface area contributed by atoms with Crippen LogP contribution in [0.25, 0.3) is 0 Å². The van der Waals surface area contributed by atoms with E-state index < -0.39 is 0 Å². The second-order valence-electron chi connectivity index (χ2n) is 5.05. The summed E-state index contributed by atoms with van der Waals surface area (Å²) in [5, 5.41) is 7.89. The van der Waals surface area contributed by atoms with Gasteiger partial charge in [-0.1, -0.05) is 23.7 Å². The number of nitrogens with zero attached hydrogens (tertiary/aromatic N) is 2. The first kappa shape index (κ1) is 13.5. The van der Waals surface area contributed by atoms with Crippen LogP contribution in [0.4, 0.5) is 5.69 Å². The minimum absolute atomic E-state index is 0.738. The van der Waals surface area contributed by atoms with Crippen molar-refractivity contribution in [2.75, 3.05) is 31.2 Å². The summed E-state index contributed by atoms with van der Waals surface area (Å²) < 4.78 is 5.37. The molecule has 1 fully saturated rings. The fourth-order valence-corrected chi connectivity index (χ4v) is 2.57. The van der Waals surface area contributed by atoms with Crippen molar-refractivity contribution in [3.8, 4) is 0 Å². The van der Waals surface area contributed by atoms with E-state index in [1.165, 1.54) is 11.3 Å².